The largest absolute Gasteiger partial charge is 0.478 e. The van der Waals surface area contributed by atoms with Crippen molar-refractivity contribution in [2.45, 2.75) is 13.8 Å². The van der Waals surface area contributed by atoms with Gasteiger partial charge < -0.3 is 14.4 Å². The number of aryl methyl sites for hydroxylation is 2. The van der Waals surface area contributed by atoms with Crippen molar-refractivity contribution in [2.24, 2.45) is 0 Å². The van der Waals surface area contributed by atoms with Gasteiger partial charge in [0.05, 0.1) is 29.6 Å². The number of pyridine rings is 1. The zero-order valence-corrected chi connectivity index (χ0v) is 16.3. The zero-order valence-electron chi connectivity index (χ0n) is 16.3. The van der Waals surface area contributed by atoms with Crippen molar-refractivity contribution in [3.05, 3.63) is 69.5 Å². The van der Waals surface area contributed by atoms with Crippen LogP contribution in [0.25, 0.3) is 22.6 Å². The van der Waals surface area contributed by atoms with Gasteiger partial charge in [0.1, 0.15) is 11.3 Å². The Balaban J connectivity index is 1.93. The Labute approximate surface area is 169 Å². The molecule has 0 aliphatic carbocycles. The van der Waals surface area contributed by atoms with E-state index < -0.39 is 17.5 Å². The molecule has 0 bridgehead atoms. The van der Waals surface area contributed by atoms with Crippen LogP contribution in [-0.2, 0) is 4.74 Å². The van der Waals surface area contributed by atoms with Gasteiger partial charge in [-0.15, -0.1) is 0 Å². The average molecular weight is 407 g/mol. The molecule has 10 heteroatoms. The van der Waals surface area contributed by atoms with Gasteiger partial charge in [0.25, 0.3) is 5.56 Å². The average Bonchev–Trinajstić information content (AvgIpc) is 3.27. The van der Waals surface area contributed by atoms with E-state index in [1.54, 1.807) is 16.8 Å². The number of carboxylic acid groups (broad SMARTS) is 1. The van der Waals surface area contributed by atoms with Gasteiger partial charge in [-0.05, 0) is 38.1 Å². The molecule has 152 valence electrons. The molecular weight excluding hydrogens is 390 g/mol. The van der Waals surface area contributed by atoms with E-state index in [1.807, 2.05) is 19.9 Å². The Kier molecular flexibility index (Phi) is 4.46. The molecule has 0 unspecified atom stereocenters. The smallest absolute Gasteiger partial charge is 0.341 e. The minimum Gasteiger partial charge on any atom is -0.478 e. The van der Waals surface area contributed by atoms with Crippen molar-refractivity contribution in [3.8, 4) is 22.6 Å². The third-order valence-corrected chi connectivity index (χ3v) is 4.71. The molecule has 10 nitrogen and oxygen atoms in total. The summed E-state index contributed by atoms with van der Waals surface area (Å²) in [6.45, 7) is 3.66. The van der Waals surface area contributed by atoms with Gasteiger partial charge in [0.15, 0.2) is 0 Å². The Morgan fingerprint density at radius 2 is 1.90 bits per heavy atom. The fourth-order valence-electron chi connectivity index (χ4n) is 3.36. The fourth-order valence-corrected chi connectivity index (χ4v) is 3.36. The molecule has 0 atom stereocenters. The van der Waals surface area contributed by atoms with E-state index in [9.17, 15) is 19.5 Å². The monoisotopic (exact) mass is 407 g/mol. The number of aromatic nitrogens is 5. The molecule has 30 heavy (non-hydrogen) atoms. The van der Waals surface area contributed by atoms with E-state index >= 15 is 0 Å². The summed E-state index contributed by atoms with van der Waals surface area (Å²) in [4.78, 5) is 36.2. The van der Waals surface area contributed by atoms with E-state index in [2.05, 4.69) is 15.3 Å². The van der Waals surface area contributed by atoms with Crippen LogP contribution < -0.4 is 5.56 Å². The van der Waals surface area contributed by atoms with Crippen molar-refractivity contribution in [1.29, 1.82) is 0 Å². The summed E-state index contributed by atoms with van der Waals surface area (Å²) in [6, 6.07) is 6.60. The van der Waals surface area contributed by atoms with Crippen LogP contribution in [0.5, 0.6) is 0 Å². The van der Waals surface area contributed by atoms with E-state index in [0.29, 0.717) is 11.4 Å². The summed E-state index contributed by atoms with van der Waals surface area (Å²) in [5.74, 6) is -1.80. The molecule has 4 rings (SSSR count). The molecule has 2 N–H and O–H groups in total. The summed E-state index contributed by atoms with van der Waals surface area (Å²) in [5, 5.41) is 20.3. The van der Waals surface area contributed by atoms with E-state index in [0.717, 1.165) is 11.4 Å². The molecule has 0 spiro atoms. The number of fused-ring (bicyclic) bond motifs is 1. The molecule has 0 saturated heterocycles. The number of nitrogens with zero attached hydrogens (tertiary/aromatic N) is 4. The third-order valence-electron chi connectivity index (χ3n) is 4.71. The van der Waals surface area contributed by atoms with Crippen LogP contribution in [0, 0.1) is 13.8 Å². The predicted octanol–water partition coefficient (Wildman–Crippen LogP) is 1.95. The fraction of sp³-hybridized carbons (Fsp3) is 0.150. The second-order valence-corrected chi connectivity index (χ2v) is 6.73. The van der Waals surface area contributed by atoms with Gasteiger partial charge in [-0.1, -0.05) is 0 Å². The number of nitrogens with one attached hydrogen (secondary N) is 1. The first kappa shape index (κ1) is 19.1. The van der Waals surface area contributed by atoms with Crippen LogP contribution in [0.3, 0.4) is 0 Å². The molecule has 0 radical (unpaired) electrons. The van der Waals surface area contributed by atoms with Crippen molar-refractivity contribution in [2.75, 3.05) is 7.11 Å². The maximum absolute atomic E-state index is 12.2. The van der Waals surface area contributed by atoms with Crippen LogP contribution in [0.1, 0.15) is 32.1 Å². The van der Waals surface area contributed by atoms with E-state index in [4.69, 9.17) is 4.74 Å². The molecule has 1 aromatic carbocycles. The van der Waals surface area contributed by atoms with Gasteiger partial charge >= 0.3 is 11.9 Å². The lowest BCUT2D eigenvalue weighted by atomic mass is 10.1. The van der Waals surface area contributed by atoms with E-state index in [1.165, 1.54) is 30.1 Å². The lowest BCUT2D eigenvalue weighted by Crippen LogP contribution is -2.13. The van der Waals surface area contributed by atoms with Gasteiger partial charge in [0, 0.05) is 23.8 Å². The lowest BCUT2D eigenvalue weighted by Gasteiger charge is -2.14. The summed E-state index contributed by atoms with van der Waals surface area (Å²) >= 11 is 0. The first-order valence-electron chi connectivity index (χ1n) is 8.90. The summed E-state index contributed by atoms with van der Waals surface area (Å²) < 4.78 is 7.83. The number of methoxy groups -OCH3 is 1. The van der Waals surface area contributed by atoms with Crippen LogP contribution in [0.15, 0.2) is 41.5 Å². The lowest BCUT2D eigenvalue weighted by molar-refractivity contribution is 0.0599. The number of esters is 1. The van der Waals surface area contributed by atoms with Crippen LogP contribution in [-0.4, -0.2) is 48.7 Å². The predicted molar refractivity (Wildman–Crippen MR) is 106 cm³/mol. The standard InChI is InChI=1S/C20H17N5O5/c1-10-6-11(2)25(23-10)16-5-4-12(7-13(16)19(27)28)24-8-14-17(21-22-18(14)26)15(9-24)20(29)30-3/h4-9H,1-3H3,(H,22,26)(H,27,28). The minimum atomic E-state index is -1.14. The number of ether oxygens (including phenoxy) is 1. The number of carboxylic acids is 1. The number of hydrogen-bond acceptors (Lipinski definition) is 6. The second kappa shape index (κ2) is 6.99. The van der Waals surface area contributed by atoms with Crippen molar-refractivity contribution < 1.29 is 19.4 Å². The number of hydrogen-bond donors (Lipinski definition) is 2. The topological polar surface area (TPSA) is 132 Å². The SMILES string of the molecule is COC(=O)c1cn(-c2ccc(-n3nc(C)cc3C)c(C(=O)O)c2)cc2c(=O)[nH]nc1-2. The minimum absolute atomic E-state index is 0.0143. The van der Waals surface area contributed by atoms with Gasteiger partial charge in [-0.25, -0.2) is 19.4 Å². The molecule has 2 aliphatic rings. The molecule has 0 saturated carbocycles. The Morgan fingerprint density at radius 1 is 1.13 bits per heavy atom. The zero-order chi connectivity index (χ0) is 21.6. The van der Waals surface area contributed by atoms with Crippen molar-refractivity contribution in [1.82, 2.24) is 24.5 Å². The first-order valence-corrected chi connectivity index (χ1v) is 8.90. The molecule has 1 aromatic heterocycles. The van der Waals surface area contributed by atoms with Crippen LogP contribution >= 0.6 is 0 Å². The quantitative estimate of drug-likeness (QED) is 0.494. The highest BCUT2D eigenvalue weighted by molar-refractivity contribution is 5.96. The molecular formula is C20H17N5O5. The van der Waals surface area contributed by atoms with Crippen molar-refractivity contribution in [3.63, 3.8) is 0 Å². The number of benzene rings is 1. The Hall–Kier alpha value is -4.21. The highest BCUT2D eigenvalue weighted by atomic mass is 16.5. The molecule has 2 aromatic rings. The Bertz CT molecular complexity index is 1330. The van der Waals surface area contributed by atoms with Crippen LogP contribution in [0.4, 0.5) is 0 Å². The maximum Gasteiger partial charge on any atom is 0.341 e. The molecule has 0 amide bonds. The first-order chi connectivity index (χ1) is 14.3. The molecule has 0 fully saturated rings. The number of carbonyl (C=O) groups excluding carboxylic acids is 1. The van der Waals surface area contributed by atoms with Gasteiger partial charge in [-0.3, -0.25) is 4.79 Å². The van der Waals surface area contributed by atoms with Gasteiger partial charge in [-0.2, -0.15) is 10.2 Å². The second-order valence-electron chi connectivity index (χ2n) is 6.73. The normalized spacial score (nSPS) is 11.0. The maximum atomic E-state index is 12.2. The summed E-state index contributed by atoms with van der Waals surface area (Å²) in [6.07, 6.45) is 2.93. The summed E-state index contributed by atoms with van der Waals surface area (Å²) in [7, 11) is 1.22. The van der Waals surface area contributed by atoms with Crippen molar-refractivity contribution >= 4 is 11.9 Å². The summed E-state index contributed by atoms with van der Waals surface area (Å²) in [5.41, 5.74) is 2.37. The molecule has 3 heterocycles. The van der Waals surface area contributed by atoms with E-state index in [-0.39, 0.29) is 22.4 Å². The highest BCUT2D eigenvalue weighted by Crippen LogP contribution is 2.25. The number of aromatic carboxylic acids is 1. The Morgan fingerprint density at radius 3 is 2.53 bits per heavy atom. The van der Waals surface area contributed by atoms with Crippen LogP contribution in [0.2, 0.25) is 0 Å². The number of carbonyl (C=O) groups is 2. The number of rotatable bonds is 4. The highest BCUT2D eigenvalue weighted by Gasteiger charge is 2.23. The molecule has 2 aliphatic heterocycles. The number of H-pyrrole nitrogens is 1. The third kappa shape index (κ3) is 3.04. The van der Waals surface area contributed by atoms with Gasteiger partial charge in [0.2, 0.25) is 0 Å². The number of aromatic amines is 1.